The molecule has 2 aromatic rings. The summed E-state index contributed by atoms with van der Waals surface area (Å²) in [6.07, 6.45) is 5.53. The second-order valence-corrected chi connectivity index (χ2v) is 4.86. The van der Waals surface area contributed by atoms with E-state index < -0.39 is 0 Å². The molecule has 8 heteroatoms. The fourth-order valence-corrected chi connectivity index (χ4v) is 2.00. The molecule has 1 aliphatic rings. The van der Waals surface area contributed by atoms with E-state index in [2.05, 4.69) is 36.9 Å². The molecule has 0 aliphatic heterocycles. The SMILES string of the molecule is CCN(CC1CC1)c1nc(Cl)nc(-n2cncn2)n1. The van der Waals surface area contributed by atoms with Crippen LogP contribution in [-0.4, -0.2) is 42.8 Å². The van der Waals surface area contributed by atoms with E-state index in [-0.39, 0.29) is 5.28 Å². The summed E-state index contributed by atoms with van der Waals surface area (Å²) in [5.74, 6) is 1.74. The average molecular weight is 280 g/mol. The highest BCUT2D eigenvalue weighted by Crippen LogP contribution is 2.30. The smallest absolute Gasteiger partial charge is 0.258 e. The van der Waals surface area contributed by atoms with Crippen LogP contribution in [0, 0.1) is 5.92 Å². The zero-order valence-corrected chi connectivity index (χ0v) is 11.3. The summed E-state index contributed by atoms with van der Waals surface area (Å²) in [7, 11) is 0. The Morgan fingerprint density at radius 1 is 1.37 bits per heavy atom. The fourth-order valence-electron chi connectivity index (χ4n) is 1.85. The molecule has 2 heterocycles. The molecule has 0 saturated heterocycles. The van der Waals surface area contributed by atoms with Gasteiger partial charge in [0.2, 0.25) is 11.2 Å². The molecule has 0 unspecified atom stereocenters. The van der Waals surface area contributed by atoms with Crippen molar-refractivity contribution in [3.05, 3.63) is 17.9 Å². The Morgan fingerprint density at radius 3 is 2.84 bits per heavy atom. The largest absolute Gasteiger partial charge is 0.341 e. The van der Waals surface area contributed by atoms with Gasteiger partial charge in [-0.15, -0.1) is 0 Å². The van der Waals surface area contributed by atoms with Crippen molar-refractivity contribution < 1.29 is 0 Å². The number of hydrogen-bond donors (Lipinski definition) is 0. The normalized spacial score (nSPS) is 14.6. The third-order valence-corrected chi connectivity index (χ3v) is 3.22. The Labute approximate surface area is 115 Å². The van der Waals surface area contributed by atoms with E-state index in [4.69, 9.17) is 11.6 Å². The maximum atomic E-state index is 5.97. The van der Waals surface area contributed by atoms with Gasteiger partial charge < -0.3 is 4.90 Å². The van der Waals surface area contributed by atoms with E-state index in [1.54, 1.807) is 0 Å². The topological polar surface area (TPSA) is 72.6 Å². The summed E-state index contributed by atoms with van der Waals surface area (Å²) in [6.45, 7) is 3.89. The van der Waals surface area contributed by atoms with Gasteiger partial charge in [-0.2, -0.15) is 24.7 Å². The third kappa shape index (κ3) is 2.81. The Balaban J connectivity index is 1.91. The molecular weight excluding hydrogens is 266 g/mol. The lowest BCUT2D eigenvalue weighted by Gasteiger charge is -2.20. The van der Waals surface area contributed by atoms with Gasteiger partial charge in [-0.25, -0.2) is 4.98 Å². The van der Waals surface area contributed by atoms with Gasteiger partial charge in [-0.1, -0.05) is 0 Å². The van der Waals surface area contributed by atoms with Gasteiger partial charge in [-0.05, 0) is 37.3 Å². The van der Waals surface area contributed by atoms with Crippen molar-refractivity contribution in [3.63, 3.8) is 0 Å². The first-order chi connectivity index (χ1) is 9.26. The lowest BCUT2D eigenvalue weighted by Crippen LogP contribution is -2.28. The van der Waals surface area contributed by atoms with Crippen LogP contribution in [0.4, 0.5) is 5.95 Å². The number of nitrogens with zero attached hydrogens (tertiary/aromatic N) is 7. The van der Waals surface area contributed by atoms with Crippen molar-refractivity contribution in [2.24, 2.45) is 5.92 Å². The van der Waals surface area contributed by atoms with Gasteiger partial charge in [-0.3, -0.25) is 0 Å². The molecule has 7 nitrogen and oxygen atoms in total. The highest BCUT2D eigenvalue weighted by atomic mass is 35.5. The molecule has 1 aliphatic carbocycles. The van der Waals surface area contributed by atoms with Gasteiger partial charge in [0.15, 0.2) is 0 Å². The zero-order valence-electron chi connectivity index (χ0n) is 10.6. The molecule has 3 rings (SSSR count). The lowest BCUT2D eigenvalue weighted by atomic mass is 10.4. The summed E-state index contributed by atoms with van der Waals surface area (Å²) in [6, 6.07) is 0. The predicted molar refractivity (Wildman–Crippen MR) is 70.4 cm³/mol. The van der Waals surface area contributed by atoms with Crippen LogP contribution in [-0.2, 0) is 0 Å². The second kappa shape index (κ2) is 5.08. The number of anilines is 1. The molecule has 1 fully saturated rings. The highest BCUT2D eigenvalue weighted by molar-refractivity contribution is 6.28. The minimum atomic E-state index is 0.171. The quantitative estimate of drug-likeness (QED) is 0.822. The van der Waals surface area contributed by atoms with Crippen LogP contribution in [0.1, 0.15) is 19.8 Å². The van der Waals surface area contributed by atoms with Crippen LogP contribution in [0.2, 0.25) is 5.28 Å². The monoisotopic (exact) mass is 279 g/mol. The van der Waals surface area contributed by atoms with Gasteiger partial charge in [0, 0.05) is 13.1 Å². The van der Waals surface area contributed by atoms with Crippen molar-refractivity contribution in [1.82, 2.24) is 29.7 Å². The van der Waals surface area contributed by atoms with E-state index in [1.807, 2.05) is 0 Å². The Hall–Kier alpha value is -1.76. The van der Waals surface area contributed by atoms with Crippen LogP contribution >= 0.6 is 11.6 Å². The molecule has 0 spiro atoms. The minimum Gasteiger partial charge on any atom is -0.341 e. The van der Waals surface area contributed by atoms with E-state index >= 15 is 0 Å². The average Bonchev–Trinajstić information content (AvgIpc) is 3.05. The maximum Gasteiger partial charge on any atom is 0.258 e. The Bertz CT molecular complexity index is 552. The van der Waals surface area contributed by atoms with Crippen LogP contribution in [0.5, 0.6) is 0 Å². The van der Waals surface area contributed by atoms with Gasteiger partial charge >= 0.3 is 0 Å². The first-order valence-electron chi connectivity index (χ1n) is 6.27. The first-order valence-corrected chi connectivity index (χ1v) is 6.65. The molecule has 0 amide bonds. The summed E-state index contributed by atoms with van der Waals surface area (Å²) in [5.41, 5.74) is 0. The molecule has 19 heavy (non-hydrogen) atoms. The van der Waals surface area contributed by atoms with Crippen molar-refractivity contribution in [2.45, 2.75) is 19.8 Å². The molecular formula is C11H14ClN7. The zero-order chi connectivity index (χ0) is 13.2. The van der Waals surface area contributed by atoms with Crippen LogP contribution < -0.4 is 4.90 Å². The summed E-state index contributed by atoms with van der Waals surface area (Å²) >= 11 is 5.97. The van der Waals surface area contributed by atoms with Crippen molar-refractivity contribution in [2.75, 3.05) is 18.0 Å². The van der Waals surface area contributed by atoms with E-state index in [1.165, 1.54) is 30.2 Å². The number of rotatable bonds is 5. The number of aromatic nitrogens is 6. The molecule has 0 bridgehead atoms. The Morgan fingerprint density at radius 2 is 2.21 bits per heavy atom. The fraction of sp³-hybridized carbons (Fsp3) is 0.545. The van der Waals surface area contributed by atoms with Crippen LogP contribution in [0.3, 0.4) is 0 Å². The molecule has 1 saturated carbocycles. The van der Waals surface area contributed by atoms with E-state index in [9.17, 15) is 0 Å². The number of halogens is 1. The van der Waals surface area contributed by atoms with Crippen molar-refractivity contribution in [3.8, 4) is 5.95 Å². The van der Waals surface area contributed by atoms with Gasteiger partial charge in [0.1, 0.15) is 12.7 Å². The molecule has 0 N–H and O–H groups in total. The number of hydrogen-bond acceptors (Lipinski definition) is 6. The van der Waals surface area contributed by atoms with E-state index in [0.717, 1.165) is 19.0 Å². The molecule has 0 atom stereocenters. The summed E-state index contributed by atoms with van der Waals surface area (Å²) < 4.78 is 1.47. The van der Waals surface area contributed by atoms with Crippen molar-refractivity contribution in [1.29, 1.82) is 0 Å². The summed E-state index contributed by atoms with van der Waals surface area (Å²) in [5, 5.41) is 4.17. The van der Waals surface area contributed by atoms with Gasteiger partial charge in [0.05, 0.1) is 0 Å². The third-order valence-electron chi connectivity index (χ3n) is 3.05. The van der Waals surface area contributed by atoms with Crippen molar-refractivity contribution >= 4 is 17.5 Å². The maximum absolute atomic E-state index is 5.97. The molecule has 100 valence electrons. The minimum absolute atomic E-state index is 0.171. The van der Waals surface area contributed by atoms with Crippen LogP contribution in [0.15, 0.2) is 12.7 Å². The second-order valence-electron chi connectivity index (χ2n) is 4.53. The molecule has 2 aromatic heterocycles. The van der Waals surface area contributed by atoms with Gasteiger partial charge in [0.25, 0.3) is 5.95 Å². The predicted octanol–water partition coefficient (Wildman–Crippen LogP) is 1.34. The molecule has 0 aromatic carbocycles. The summed E-state index contributed by atoms with van der Waals surface area (Å²) in [4.78, 5) is 18.7. The standard InChI is InChI=1S/C11H14ClN7/c1-2-18(5-8-3-4-8)10-15-9(12)16-11(17-10)19-7-13-6-14-19/h6-8H,2-5H2,1H3. The lowest BCUT2D eigenvalue weighted by molar-refractivity contribution is 0.704. The first kappa shape index (κ1) is 12.3. The van der Waals surface area contributed by atoms with E-state index in [0.29, 0.717) is 11.9 Å². The molecule has 0 radical (unpaired) electrons. The van der Waals surface area contributed by atoms with Crippen LogP contribution in [0.25, 0.3) is 5.95 Å². The Kier molecular flexibility index (Phi) is 3.29. The highest BCUT2D eigenvalue weighted by Gasteiger charge is 2.25.